The topological polar surface area (TPSA) is 46.5 Å². The van der Waals surface area contributed by atoms with Crippen molar-refractivity contribution in [2.75, 3.05) is 0 Å². The van der Waals surface area contributed by atoms with Gasteiger partial charge in [0, 0.05) is 0 Å². The Hall–Kier alpha value is 0.410. The predicted octanol–water partition coefficient (Wildman–Crippen LogP) is 5.78. The third-order valence-corrected chi connectivity index (χ3v) is 7.54. The van der Waals surface area contributed by atoms with Gasteiger partial charge in [0.25, 0.3) is 0 Å². The summed E-state index contributed by atoms with van der Waals surface area (Å²) in [5, 5.41) is 10.1. The van der Waals surface area contributed by atoms with Gasteiger partial charge in [-0.2, -0.15) is 0 Å². The lowest BCUT2D eigenvalue weighted by Gasteiger charge is -2.21. The molecule has 1 rings (SSSR count). The van der Waals surface area contributed by atoms with Gasteiger partial charge in [-0.1, -0.05) is 6.92 Å². The van der Waals surface area contributed by atoms with Crippen molar-refractivity contribution in [1.29, 1.82) is 0 Å². The number of phenolic OH excluding ortho intramolecular Hbond substituents is 1. The molecule has 19 heavy (non-hydrogen) atoms. The zero-order valence-electron chi connectivity index (χ0n) is 10.5. The highest BCUT2D eigenvalue weighted by atomic mass is 79.9. The largest absolute Gasteiger partial charge is 0.503 e. The smallest absolute Gasteiger partial charge is 0.317 e. The summed E-state index contributed by atoms with van der Waals surface area (Å²) in [5.74, 6) is -0.442. The molecule has 0 saturated carbocycles. The van der Waals surface area contributed by atoms with Gasteiger partial charge in [0.05, 0.1) is 23.3 Å². The van der Waals surface area contributed by atoms with Gasteiger partial charge < -0.3 is 9.84 Å². The first kappa shape index (κ1) is 17.5. The lowest BCUT2D eigenvalue weighted by atomic mass is 9.91. The van der Waals surface area contributed by atoms with Crippen LogP contribution in [0.3, 0.4) is 0 Å². The number of esters is 1. The van der Waals surface area contributed by atoms with Crippen LogP contribution < -0.4 is 4.74 Å². The lowest BCUT2D eigenvalue weighted by Crippen LogP contribution is -2.28. The fourth-order valence-corrected chi connectivity index (χ4v) is 3.21. The molecule has 0 amide bonds. The van der Waals surface area contributed by atoms with Crippen LogP contribution in [-0.4, -0.2) is 11.1 Å². The predicted molar refractivity (Wildman–Crippen MR) is 88.6 cm³/mol. The second-order valence-corrected chi connectivity index (χ2v) is 7.73. The Morgan fingerprint density at radius 1 is 1.11 bits per heavy atom. The molecule has 0 radical (unpaired) electrons. The number of halogens is 4. The van der Waals surface area contributed by atoms with Crippen LogP contribution in [0.2, 0.25) is 0 Å². The zero-order valence-corrected chi connectivity index (χ0v) is 16.8. The summed E-state index contributed by atoms with van der Waals surface area (Å²) in [6.45, 7) is 5.50. The van der Waals surface area contributed by atoms with Gasteiger partial charge in [-0.25, -0.2) is 0 Å². The second-order valence-electron chi connectivity index (χ2n) is 4.56. The molecule has 7 heteroatoms. The van der Waals surface area contributed by atoms with Crippen LogP contribution in [0.15, 0.2) is 17.9 Å². The van der Waals surface area contributed by atoms with E-state index in [1.807, 2.05) is 6.92 Å². The molecule has 0 fully saturated rings. The zero-order chi connectivity index (χ0) is 15.0. The van der Waals surface area contributed by atoms with Crippen LogP contribution in [-0.2, 0) is 4.79 Å². The summed E-state index contributed by atoms with van der Waals surface area (Å²) in [4.78, 5) is 12.1. The van der Waals surface area contributed by atoms with Crippen molar-refractivity contribution in [3.05, 3.63) is 17.9 Å². The van der Waals surface area contributed by atoms with E-state index in [0.717, 1.165) is 0 Å². The van der Waals surface area contributed by atoms with E-state index in [1.54, 1.807) is 13.8 Å². The minimum absolute atomic E-state index is 0.0912. The third-order valence-electron chi connectivity index (χ3n) is 2.83. The van der Waals surface area contributed by atoms with Gasteiger partial charge in [0.2, 0.25) is 0 Å². The SMILES string of the molecule is CCC(C)(C)C(=O)Oc1c(O)c(Br)c(Br)c(Br)c1Br. The van der Waals surface area contributed by atoms with Crippen molar-refractivity contribution < 1.29 is 14.6 Å². The summed E-state index contributed by atoms with van der Waals surface area (Å²) in [6, 6.07) is 0. The van der Waals surface area contributed by atoms with Gasteiger partial charge in [0.1, 0.15) is 0 Å². The molecule has 106 valence electrons. The molecule has 0 unspecified atom stereocenters. The molecular formula is C12H12Br4O3. The summed E-state index contributed by atoms with van der Waals surface area (Å²) in [7, 11) is 0. The maximum Gasteiger partial charge on any atom is 0.317 e. The highest BCUT2D eigenvalue weighted by Crippen LogP contribution is 2.50. The average molecular weight is 524 g/mol. The highest BCUT2D eigenvalue weighted by molar-refractivity contribution is 9.15. The van der Waals surface area contributed by atoms with Crippen LogP contribution in [0, 0.1) is 5.41 Å². The molecule has 0 spiro atoms. The quantitative estimate of drug-likeness (QED) is 0.236. The number of phenols is 1. The standard InChI is InChI=1S/C12H12Br4O3/c1-4-12(2,3)11(18)19-10-8(16)6(14)5(13)7(15)9(10)17/h17H,4H2,1-3H3. The summed E-state index contributed by atoms with van der Waals surface area (Å²) >= 11 is 13.2. The Bertz CT molecular complexity index is 497. The molecule has 0 aliphatic heterocycles. The van der Waals surface area contributed by atoms with Crippen LogP contribution in [0.1, 0.15) is 27.2 Å². The van der Waals surface area contributed by atoms with E-state index in [2.05, 4.69) is 63.7 Å². The van der Waals surface area contributed by atoms with Crippen molar-refractivity contribution in [2.24, 2.45) is 5.41 Å². The number of ether oxygens (including phenoxy) is 1. The minimum atomic E-state index is -0.613. The van der Waals surface area contributed by atoms with Gasteiger partial charge in [0.15, 0.2) is 11.5 Å². The molecular weight excluding hydrogens is 512 g/mol. The van der Waals surface area contributed by atoms with Crippen LogP contribution in [0.25, 0.3) is 0 Å². The first-order valence-electron chi connectivity index (χ1n) is 5.40. The molecule has 1 aromatic carbocycles. The molecule has 0 atom stereocenters. The third kappa shape index (κ3) is 3.54. The maximum absolute atomic E-state index is 12.1. The Morgan fingerprint density at radius 2 is 1.58 bits per heavy atom. The molecule has 3 nitrogen and oxygen atoms in total. The number of carbonyl (C=O) groups excluding carboxylic acids is 1. The average Bonchev–Trinajstić information content (AvgIpc) is 2.38. The van der Waals surface area contributed by atoms with E-state index in [-0.39, 0.29) is 11.5 Å². The number of hydrogen-bond acceptors (Lipinski definition) is 3. The molecule has 1 N–H and O–H groups in total. The Balaban J connectivity index is 3.27. The van der Waals surface area contributed by atoms with E-state index in [0.29, 0.717) is 24.3 Å². The van der Waals surface area contributed by atoms with Gasteiger partial charge in [-0.3, -0.25) is 4.79 Å². The van der Waals surface area contributed by atoms with E-state index in [1.165, 1.54) is 0 Å². The number of rotatable bonds is 3. The molecule has 1 aromatic rings. The fourth-order valence-electron chi connectivity index (χ4n) is 1.07. The lowest BCUT2D eigenvalue weighted by molar-refractivity contribution is -0.144. The first-order valence-corrected chi connectivity index (χ1v) is 8.57. The van der Waals surface area contributed by atoms with Crippen LogP contribution in [0.4, 0.5) is 0 Å². The molecule has 0 heterocycles. The summed E-state index contributed by atoms with van der Waals surface area (Å²) in [5.41, 5.74) is -0.613. The Morgan fingerprint density at radius 3 is 2.05 bits per heavy atom. The monoisotopic (exact) mass is 520 g/mol. The maximum atomic E-state index is 12.1. The van der Waals surface area contributed by atoms with Crippen molar-refractivity contribution in [3.63, 3.8) is 0 Å². The van der Waals surface area contributed by atoms with Gasteiger partial charge in [-0.05, 0) is 84.0 Å². The van der Waals surface area contributed by atoms with Crippen molar-refractivity contribution in [3.8, 4) is 11.5 Å². The molecule has 0 aromatic heterocycles. The van der Waals surface area contributed by atoms with E-state index in [9.17, 15) is 9.90 Å². The fraction of sp³-hybridized carbons (Fsp3) is 0.417. The van der Waals surface area contributed by atoms with Crippen LogP contribution in [0.5, 0.6) is 11.5 Å². The van der Waals surface area contributed by atoms with Crippen molar-refractivity contribution in [2.45, 2.75) is 27.2 Å². The molecule has 0 aliphatic carbocycles. The molecule has 0 bridgehead atoms. The Labute approximate surface area is 145 Å². The first-order chi connectivity index (χ1) is 8.63. The van der Waals surface area contributed by atoms with Crippen LogP contribution >= 0.6 is 63.7 Å². The van der Waals surface area contributed by atoms with Crippen molar-refractivity contribution >= 4 is 69.7 Å². The number of carbonyl (C=O) groups is 1. The number of aromatic hydroxyl groups is 1. The molecule has 0 aliphatic rings. The highest BCUT2D eigenvalue weighted by Gasteiger charge is 2.30. The summed E-state index contributed by atoms with van der Waals surface area (Å²) < 4.78 is 7.50. The van der Waals surface area contributed by atoms with Gasteiger partial charge in [-0.15, -0.1) is 0 Å². The Kier molecular flexibility index (Phi) is 5.93. The van der Waals surface area contributed by atoms with Crippen molar-refractivity contribution in [1.82, 2.24) is 0 Å². The van der Waals surface area contributed by atoms with Gasteiger partial charge >= 0.3 is 5.97 Å². The normalized spacial score (nSPS) is 11.5. The summed E-state index contributed by atoms with van der Waals surface area (Å²) in [6.07, 6.45) is 0.642. The number of hydrogen-bond donors (Lipinski definition) is 1. The second kappa shape index (κ2) is 6.45. The minimum Gasteiger partial charge on any atom is -0.503 e. The van der Waals surface area contributed by atoms with E-state index < -0.39 is 11.4 Å². The van der Waals surface area contributed by atoms with E-state index in [4.69, 9.17) is 4.74 Å². The van der Waals surface area contributed by atoms with E-state index >= 15 is 0 Å². The molecule has 0 saturated heterocycles. The number of benzene rings is 1.